The molecule has 0 aromatic heterocycles. The third kappa shape index (κ3) is 3.86. The first-order valence-electron chi connectivity index (χ1n) is 5.65. The van der Waals surface area contributed by atoms with E-state index in [0.29, 0.717) is 0 Å². The molecular formula is C14H20BrNO. The molecule has 1 aromatic rings. The number of rotatable bonds is 6. The Bertz CT molecular complexity index is 392. The molecule has 0 fully saturated rings. The number of methoxy groups -OCH3 is 1. The molecule has 1 N–H and O–H groups in total. The highest BCUT2D eigenvalue weighted by atomic mass is 79.9. The highest BCUT2D eigenvalue weighted by Gasteiger charge is 2.21. The predicted octanol–water partition coefficient (Wildman–Crippen LogP) is 3.41. The maximum absolute atomic E-state index is 5.39. The van der Waals surface area contributed by atoms with E-state index in [1.54, 1.807) is 7.11 Å². The van der Waals surface area contributed by atoms with E-state index in [1.807, 2.05) is 25.3 Å². The van der Waals surface area contributed by atoms with Gasteiger partial charge in [-0.25, -0.2) is 0 Å². The van der Waals surface area contributed by atoms with E-state index in [9.17, 15) is 0 Å². The van der Waals surface area contributed by atoms with Crippen LogP contribution < -0.4 is 10.1 Å². The third-order valence-electron chi connectivity index (χ3n) is 2.91. The lowest BCUT2D eigenvalue weighted by Crippen LogP contribution is -2.29. The average Bonchev–Trinajstić information content (AvgIpc) is 2.29. The fraction of sp³-hybridized carbons (Fsp3) is 0.429. The Labute approximate surface area is 112 Å². The molecule has 1 aromatic carbocycles. The molecule has 1 atom stereocenters. The van der Waals surface area contributed by atoms with Crippen LogP contribution in [0, 0.1) is 5.41 Å². The molecule has 94 valence electrons. The molecule has 3 heteroatoms. The highest BCUT2D eigenvalue weighted by Crippen LogP contribution is 2.30. The van der Waals surface area contributed by atoms with Crippen LogP contribution in [0.15, 0.2) is 35.3 Å². The number of halogens is 1. The van der Waals surface area contributed by atoms with Crippen molar-refractivity contribution >= 4 is 15.9 Å². The summed E-state index contributed by atoms with van der Waals surface area (Å²) >= 11 is 3.50. The summed E-state index contributed by atoms with van der Waals surface area (Å²) in [6.45, 7) is 7.02. The molecule has 0 aliphatic heterocycles. The predicted molar refractivity (Wildman–Crippen MR) is 76.6 cm³/mol. The van der Waals surface area contributed by atoms with Gasteiger partial charge in [-0.2, -0.15) is 0 Å². The second-order valence-corrected chi connectivity index (χ2v) is 5.44. The van der Waals surface area contributed by atoms with Gasteiger partial charge in [-0.1, -0.05) is 28.9 Å². The number of hydrogen-bond donors (Lipinski definition) is 1. The van der Waals surface area contributed by atoms with E-state index in [1.165, 1.54) is 5.56 Å². The zero-order valence-corrected chi connectivity index (χ0v) is 12.3. The minimum atomic E-state index is 0.0306. The minimum absolute atomic E-state index is 0.0306. The van der Waals surface area contributed by atoms with Crippen molar-refractivity contribution in [2.24, 2.45) is 5.41 Å². The van der Waals surface area contributed by atoms with Crippen LogP contribution in [0.25, 0.3) is 0 Å². The van der Waals surface area contributed by atoms with Crippen molar-refractivity contribution < 1.29 is 4.74 Å². The van der Waals surface area contributed by atoms with Crippen molar-refractivity contribution in [3.8, 4) is 5.75 Å². The lowest BCUT2D eigenvalue weighted by atomic mass is 9.83. The van der Waals surface area contributed by atoms with E-state index in [2.05, 4.69) is 40.8 Å². The lowest BCUT2D eigenvalue weighted by Gasteiger charge is -2.26. The molecular weight excluding hydrogens is 278 g/mol. The number of nitrogens with one attached hydrogen (secondary N) is 1. The van der Waals surface area contributed by atoms with Gasteiger partial charge in [0.2, 0.25) is 0 Å². The monoisotopic (exact) mass is 297 g/mol. The van der Waals surface area contributed by atoms with Crippen LogP contribution in [0.3, 0.4) is 0 Å². The van der Waals surface area contributed by atoms with E-state index in [-0.39, 0.29) is 5.41 Å². The molecule has 0 saturated heterocycles. The van der Waals surface area contributed by atoms with E-state index in [4.69, 9.17) is 4.74 Å². The zero-order valence-electron chi connectivity index (χ0n) is 10.7. The van der Waals surface area contributed by atoms with Gasteiger partial charge in [-0.15, -0.1) is 6.58 Å². The van der Waals surface area contributed by atoms with Crippen LogP contribution in [0.1, 0.15) is 12.5 Å². The summed E-state index contributed by atoms with van der Waals surface area (Å²) in [6.07, 6.45) is 2.91. The molecule has 0 aliphatic carbocycles. The SMILES string of the molecule is C=CC(C)(CNC)Cc1cc(Br)ccc1OC. The summed E-state index contributed by atoms with van der Waals surface area (Å²) in [6, 6.07) is 6.09. The van der Waals surface area contributed by atoms with Crippen molar-refractivity contribution in [3.63, 3.8) is 0 Å². The Balaban J connectivity index is 2.99. The molecule has 0 bridgehead atoms. The first-order valence-corrected chi connectivity index (χ1v) is 6.44. The van der Waals surface area contributed by atoms with Crippen molar-refractivity contribution in [1.82, 2.24) is 5.32 Å². The second-order valence-electron chi connectivity index (χ2n) is 4.52. The summed E-state index contributed by atoms with van der Waals surface area (Å²) in [5, 5.41) is 3.21. The van der Waals surface area contributed by atoms with Crippen LogP contribution in [0.4, 0.5) is 0 Å². The number of ether oxygens (including phenoxy) is 1. The zero-order chi connectivity index (χ0) is 12.9. The number of hydrogen-bond acceptors (Lipinski definition) is 2. The maximum Gasteiger partial charge on any atom is 0.122 e. The van der Waals surface area contributed by atoms with Gasteiger partial charge >= 0.3 is 0 Å². The first-order chi connectivity index (χ1) is 8.04. The fourth-order valence-electron chi connectivity index (χ4n) is 1.93. The van der Waals surface area contributed by atoms with Gasteiger partial charge in [-0.3, -0.25) is 0 Å². The van der Waals surface area contributed by atoms with Gasteiger partial charge in [0.15, 0.2) is 0 Å². The molecule has 0 heterocycles. The van der Waals surface area contributed by atoms with Gasteiger partial charge in [-0.05, 0) is 37.2 Å². The summed E-state index contributed by atoms with van der Waals surface area (Å²) in [5.74, 6) is 0.928. The molecule has 0 radical (unpaired) electrons. The van der Waals surface area contributed by atoms with Crippen LogP contribution >= 0.6 is 15.9 Å². The molecule has 1 rings (SSSR count). The standard InChI is InChI=1S/C14H20BrNO/c1-5-14(2,10-16-3)9-11-8-12(15)6-7-13(11)17-4/h5-8,16H,1,9-10H2,2-4H3. The Morgan fingerprint density at radius 3 is 2.76 bits per heavy atom. The maximum atomic E-state index is 5.39. The Morgan fingerprint density at radius 2 is 2.24 bits per heavy atom. The van der Waals surface area contributed by atoms with Gasteiger partial charge in [0.1, 0.15) is 5.75 Å². The topological polar surface area (TPSA) is 21.3 Å². The van der Waals surface area contributed by atoms with Crippen molar-refractivity contribution in [1.29, 1.82) is 0 Å². The van der Waals surface area contributed by atoms with E-state index in [0.717, 1.165) is 23.2 Å². The van der Waals surface area contributed by atoms with Crippen molar-refractivity contribution in [2.45, 2.75) is 13.3 Å². The summed E-state index contributed by atoms with van der Waals surface area (Å²) in [4.78, 5) is 0. The summed E-state index contributed by atoms with van der Waals surface area (Å²) in [5.41, 5.74) is 1.22. The normalized spacial score (nSPS) is 14.1. The third-order valence-corrected chi connectivity index (χ3v) is 3.40. The quantitative estimate of drug-likeness (QED) is 0.813. The van der Waals surface area contributed by atoms with Gasteiger partial charge in [0, 0.05) is 16.4 Å². The van der Waals surface area contributed by atoms with E-state index >= 15 is 0 Å². The minimum Gasteiger partial charge on any atom is -0.496 e. The smallest absolute Gasteiger partial charge is 0.122 e. The first kappa shape index (κ1) is 14.3. The van der Waals surface area contributed by atoms with Gasteiger partial charge in [0.05, 0.1) is 7.11 Å². The van der Waals surface area contributed by atoms with Crippen LogP contribution in [0.5, 0.6) is 5.75 Å². The fourth-order valence-corrected chi connectivity index (χ4v) is 2.34. The molecule has 0 saturated carbocycles. The molecule has 0 aliphatic rings. The van der Waals surface area contributed by atoms with E-state index < -0.39 is 0 Å². The summed E-state index contributed by atoms with van der Waals surface area (Å²) in [7, 11) is 3.66. The molecule has 0 amide bonds. The largest absolute Gasteiger partial charge is 0.496 e. The van der Waals surface area contributed by atoms with Crippen LogP contribution in [-0.2, 0) is 6.42 Å². The average molecular weight is 298 g/mol. The van der Waals surface area contributed by atoms with Gasteiger partial charge < -0.3 is 10.1 Å². The van der Waals surface area contributed by atoms with Crippen LogP contribution in [0.2, 0.25) is 0 Å². The molecule has 0 spiro atoms. The lowest BCUT2D eigenvalue weighted by molar-refractivity contribution is 0.378. The Hall–Kier alpha value is -0.800. The number of benzene rings is 1. The highest BCUT2D eigenvalue weighted by molar-refractivity contribution is 9.10. The Kier molecular flexibility index (Phi) is 5.22. The molecule has 1 unspecified atom stereocenters. The molecule has 17 heavy (non-hydrogen) atoms. The van der Waals surface area contributed by atoms with Crippen LogP contribution in [-0.4, -0.2) is 20.7 Å². The Morgan fingerprint density at radius 1 is 1.53 bits per heavy atom. The van der Waals surface area contributed by atoms with Crippen molar-refractivity contribution in [3.05, 3.63) is 40.9 Å². The molecule has 2 nitrogen and oxygen atoms in total. The van der Waals surface area contributed by atoms with Crippen molar-refractivity contribution in [2.75, 3.05) is 20.7 Å². The second kappa shape index (κ2) is 6.22. The van der Waals surface area contributed by atoms with Gasteiger partial charge in [0.25, 0.3) is 0 Å². The summed E-state index contributed by atoms with van der Waals surface area (Å²) < 4.78 is 6.47.